The molecule has 38 heavy (non-hydrogen) atoms. The van der Waals surface area contributed by atoms with Crippen LogP contribution in [-0.2, 0) is 14.4 Å². The Hall–Kier alpha value is -3.89. The molecule has 1 saturated carbocycles. The van der Waals surface area contributed by atoms with Crippen LogP contribution >= 0.6 is 11.8 Å². The second-order valence-corrected chi connectivity index (χ2v) is 10.8. The van der Waals surface area contributed by atoms with Gasteiger partial charge in [0.15, 0.2) is 0 Å². The van der Waals surface area contributed by atoms with Crippen LogP contribution in [0.25, 0.3) is 0 Å². The Morgan fingerprint density at radius 3 is 2.39 bits per heavy atom. The number of nitrogens with zero attached hydrogens (tertiary/aromatic N) is 5. The topological polar surface area (TPSA) is 144 Å². The number of thioether (sulfide) groups is 1. The Morgan fingerprint density at radius 1 is 1.13 bits per heavy atom. The number of anilines is 2. The summed E-state index contributed by atoms with van der Waals surface area (Å²) >= 11 is 1.07. The summed E-state index contributed by atoms with van der Waals surface area (Å²) in [6.45, 7) is 3.73. The summed E-state index contributed by atoms with van der Waals surface area (Å²) in [6.07, 6.45) is 4.43. The van der Waals surface area contributed by atoms with E-state index in [0.29, 0.717) is 11.3 Å². The predicted octanol–water partition coefficient (Wildman–Crippen LogP) is 4.12. The highest BCUT2D eigenvalue weighted by molar-refractivity contribution is 8.00. The molecule has 9 nitrogen and oxygen atoms in total. The van der Waals surface area contributed by atoms with Crippen molar-refractivity contribution in [3.63, 3.8) is 0 Å². The van der Waals surface area contributed by atoms with Crippen molar-refractivity contribution in [2.75, 3.05) is 16.4 Å². The van der Waals surface area contributed by atoms with Gasteiger partial charge in [-0.05, 0) is 36.5 Å². The molecule has 1 aliphatic heterocycles. The fourth-order valence-corrected chi connectivity index (χ4v) is 6.26. The Morgan fingerprint density at radius 2 is 1.79 bits per heavy atom. The first-order chi connectivity index (χ1) is 18.3. The van der Waals surface area contributed by atoms with Gasteiger partial charge in [-0.2, -0.15) is 10.5 Å². The molecule has 2 heterocycles. The molecular formula is C28H30N6O3S. The second-order valence-electron chi connectivity index (χ2n) is 9.85. The number of hydrogen-bond acceptors (Lipinski definition) is 8. The lowest BCUT2D eigenvalue weighted by Crippen LogP contribution is -2.52. The molecule has 0 spiro atoms. The van der Waals surface area contributed by atoms with Crippen LogP contribution in [-0.4, -0.2) is 45.4 Å². The number of aromatic nitrogens is 1. The van der Waals surface area contributed by atoms with Gasteiger partial charge in [0, 0.05) is 6.04 Å². The number of para-hydroxylation sites is 1. The highest BCUT2D eigenvalue weighted by Crippen LogP contribution is 2.35. The van der Waals surface area contributed by atoms with Gasteiger partial charge in [0.2, 0.25) is 11.8 Å². The third-order valence-electron chi connectivity index (χ3n) is 7.09. The van der Waals surface area contributed by atoms with E-state index in [2.05, 4.69) is 11.1 Å². The first-order valence-electron chi connectivity index (χ1n) is 12.8. The number of nitrogens with two attached hydrogens (primary N) is 1. The Kier molecular flexibility index (Phi) is 8.33. The molecule has 1 unspecified atom stereocenters. The van der Waals surface area contributed by atoms with Crippen LogP contribution in [0, 0.1) is 22.7 Å². The average Bonchev–Trinajstić information content (AvgIpc) is 3.21. The number of pyridine rings is 1. The molecule has 2 fully saturated rings. The van der Waals surface area contributed by atoms with Crippen LogP contribution in [0.1, 0.15) is 75.0 Å². The fourth-order valence-electron chi connectivity index (χ4n) is 5.38. The van der Waals surface area contributed by atoms with Crippen molar-refractivity contribution >= 4 is 41.0 Å². The number of hydrogen-bond donors (Lipinski definition) is 1. The molecule has 1 aromatic heterocycles. The average molecular weight is 531 g/mol. The molecule has 1 aromatic carbocycles. The summed E-state index contributed by atoms with van der Waals surface area (Å²) in [4.78, 5) is 47.3. The van der Waals surface area contributed by atoms with Gasteiger partial charge in [0.1, 0.15) is 29.0 Å². The molecule has 0 bridgehead atoms. The molecule has 196 valence electrons. The summed E-state index contributed by atoms with van der Waals surface area (Å²) in [7, 11) is 0. The Bertz CT molecular complexity index is 1320. The maximum absolute atomic E-state index is 13.8. The van der Waals surface area contributed by atoms with E-state index in [1.807, 2.05) is 26.0 Å². The van der Waals surface area contributed by atoms with Gasteiger partial charge in [-0.15, -0.1) is 0 Å². The summed E-state index contributed by atoms with van der Waals surface area (Å²) in [6, 6.07) is 11.9. The van der Waals surface area contributed by atoms with E-state index in [-0.39, 0.29) is 57.9 Å². The minimum Gasteiger partial charge on any atom is -0.383 e. The zero-order valence-electron chi connectivity index (χ0n) is 21.5. The summed E-state index contributed by atoms with van der Waals surface area (Å²) < 4.78 is 0. The molecule has 3 amide bonds. The minimum absolute atomic E-state index is 0.0179. The monoisotopic (exact) mass is 530 g/mol. The van der Waals surface area contributed by atoms with E-state index in [1.165, 1.54) is 4.90 Å². The van der Waals surface area contributed by atoms with Crippen LogP contribution in [0.2, 0.25) is 0 Å². The van der Waals surface area contributed by atoms with E-state index in [1.54, 1.807) is 29.2 Å². The Labute approximate surface area is 226 Å². The number of rotatable bonds is 7. The molecule has 2 aliphatic rings. The van der Waals surface area contributed by atoms with Crippen LogP contribution in [0.15, 0.2) is 35.4 Å². The first-order valence-corrected chi connectivity index (χ1v) is 13.8. The van der Waals surface area contributed by atoms with Gasteiger partial charge >= 0.3 is 0 Å². The Balaban J connectivity index is 1.63. The lowest BCUT2D eigenvalue weighted by atomic mass is 9.92. The quantitative estimate of drug-likeness (QED) is 0.416. The lowest BCUT2D eigenvalue weighted by Gasteiger charge is -2.37. The number of amides is 3. The predicted molar refractivity (Wildman–Crippen MR) is 144 cm³/mol. The number of carbonyl (C=O) groups excluding carboxylic acids is 3. The minimum atomic E-state index is -0.875. The van der Waals surface area contributed by atoms with E-state index >= 15 is 0 Å². The van der Waals surface area contributed by atoms with E-state index < -0.39 is 11.9 Å². The van der Waals surface area contributed by atoms with Crippen molar-refractivity contribution in [1.29, 1.82) is 10.5 Å². The van der Waals surface area contributed by atoms with Crippen molar-refractivity contribution in [1.82, 2.24) is 9.88 Å². The van der Waals surface area contributed by atoms with Gasteiger partial charge < -0.3 is 10.6 Å². The van der Waals surface area contributed by atoms with E-state index in [9.17, 15) is 24.9 Å². The molecule has 10 heteroatoms. The van der Waals surface area contributed by atoms with E-state index in [4.69, 9.17) is 5.73 Å². The summed E-state index contributed by atoms with van der Waals surface area (Å²) in [5, 5.41) is 19.7. The highest BCUT2D eigenvalue weighted by atomic mass is 32.2. The summed E-state index contributed by atoms with van der Waals surface area (Å²) in [5.41, 5.74) is 7.45. The molecule has 0 radical (unpaired) electrons. The van der Waals surface area contributed by atoms with Gasteiger partial charge in [-0.25, -0.2) is 9.88 Å². The number of nitrogen functional groups attached to an aromatic ring is 1. The van der Waals surface area contributed by atoms with Gasteiger partial charge in [-0.1, -0.05) is 63.1 Å². The van der Waals surface area contributed by atoms with Crippen molar-refractivity contribution in [3.8, 4) is 12.1 Å². The molecule has 1 saturated heterocycles. The van der Waals surface area contributed by atoms with Crippen molar-refractivity contribution in [2.24, 2.45) is 0 Å². The molecular weight excluding hydrogens is 500 g/mol. The number of imide groups is 1. The van der Waals surface area contributed by atoms with Crippen LogP contribution in [0.4, 0.5) is 11.5 Å². The van der Waals surface area contributed by atoms with Crippen LogP contribution < -0.4 is 10.6 Å². The lowest BCUT2D eigenvalue weighted by molar-refractivity contribution is -0.139. The largest absolute Gasteiger partial charge is 0.383 e. The number of nitriles is 2. The number of carbonyl (C=O) groups is 3. The zero-order valence-corrected chi connectivity index (χ0v) is 22.3. The molecule has 2 aromatic rings. The molecule has 1 atom stereocenters. The van der Waals surface area contributed by atoms with Gasteiger partial charge in [0.25, 0.3) is 5.91 Å². The van der Waals surface area contributed by atoms with Crippen molar-refractivity contribution < 1.29 is 14.4 Å². The molecule has 1 aliphatic carbocycles. The third-order valence-corrected chi connectivity index (χ3v) is 8.05. The fraction of sp³-hybridized carbons (Fsp3) is 0.429. The maximum atomic E-state index is 13.8. The van der Waals surface area contributed by atoms with Crippen molar-refractivity contribution in [2.45, 2.75) is 75.4 Å². The number of benzene rings is 1. The maximum Gasteiger partial charge on any atom is 0.257 e. The third kappa shape index (κ3) is 5.23. The molecule has 4 rings (SSSR count). The van der Waals surface area contributed by atoms with Crippen molar-refractivity contribution in [3.05, 3.63) is 47.0 Å². The highest BCUT2D eigenvalue weighted by Gasteiger charge is 2.46. The smallest absolute Gasteiger partial charge is 0.257 e. The van der Waals surface area contributed by atoms with Gasteiger partial charge in [-0.3, -0.25) is 14.4 Å². The SMILES string of the molecule is CC(C)c1c(C#N)c(N)nc(SCC(=O)N(C2CCCCC2)C2CC(=O)N(c3ccccc3)C2=O)c1C#N. The van der Waals surface area contributed by atoms with E-state index in [0.717, 1.165) is 43.9 Å². The normalized spacial score (nSPS) is 17.9. The standard InChI is InChI=1S/C28H30N6O3S/c1-17(2)25-20(14-29)26(31)32-27(21(25)15-30)38-16-24(36)33(18-9-5-3-6-10-18)22-13-23(35)34(28(22)37)19-11-7-4-8-12-19/h4,7-8,11-12,17-18,22H,3,5-6,9-10,13,16H2,1-2H3,(H2,31,32). The first kappa shape index (κ1) is 27.2. The van der Waals surface area contributed by atoms with Crippen LogP contribution in [0.5, 0.6) is 0 Å². The van der Waals surface area contributed by atoms with Gasteiger partial charge in [0.05, 0.1) is 29.0 Å². The zero-order chi connectivity index (χ0) is 27.4. The second kappa shape index (κ2) is 11.7. The molecule has 2 N–H and O–H groups in total. The van der Waals surface area contributed by atoms with Crippen LogP contribution in [0.3, 0.4) is 0 Å². The summed E-state index contributed by atoms with van der Waals surface area (Å²) in [5.74, 6) is -1.23.